The van der Waals surface area contributed by atoms with E-state index in [2.05, 4.69) is 0 Å². The Balaban J connectivity index is 2.35. The van der Waals surface area contributed by atoms with Gasteiger partial charge in [0.05, 0.1) is 13.8 Å². The molecule has 0 amide bonds. The summed E-state index contributed by atoms with van der Waals surface area (Å²) in [5.41, 5.74) is 0. The quantitative estimate of drug-likeness (QED) is 0.647. The van der Waals surface area contributed by atoms with E-state index in [4.69, 9.17) is 13.0 Å². The predicted octanol–water partition coefficient (Wildman–Crippen LogP) is 1.85. The van der Waals surface area contributed by atoms with E-state index in [9.17, 15) is 4.79 Å². The number of hydrogen-bond donors (Lipinski definition) is 1. The minimum Gasteiger partial charge on any atom is -0.481 e. The molecule has 2 nitrogen and oxygen atoms in total. The number of carboxylic acid groups (broad SMARTS) is 1. The molecule has 3 heteroatoms. The molecule has 2 radical (unpaired) electrons. The van der Waals surface area contributed by atoms with Crippen LogP contribution in [0.5, 0.6) is 0 Å². The van der Waals surface area contributed by atoms with E-state index in [0.29, 0.717) is 12.2 Å². The van der Waals surface area contributed by atoms with Crippen molar-refractivity contribution in [3.8, 4) is 0 Å². The molecule has 1 N–H and O–H groups in total. The smallest absolute Gasteiger partial charge is 0.306 e. The Kier molecular flexibility index (Phi) is 3.64. The Bertz CT molecular complexity index is 159. The molecular weight excluding hydrogens is 151 g/mol. The highest BCUT2D eigenvalue weighted by molar-refractivity contribution is 6.08. The molecule has 0 bridgehead atoms. The summed E-state index contributed by atoms with van der Waals surface area (Å²) in [7, 11) is 5.38. The van der Waals surface area contributed by atoms with Crippen molar-refractivity contribution in [2.75, 3.05) is 0 Å². The molecule has 0 unspecified atom stereocenters. The van der Waals surface area contributed by atoms with E-state index in [1.165, 1.54) is 0 Å². The van der Waals surface area contributed by atoms with Crippen LogP contribution in [0.25, 0.3) is 0 Å². The van der Waals surface area contributed by atoms with Crippen LogP contribution in [0.4, 0.5) is 0 Å². The average molecular weight is 166 g/mol. The van der Waals surface area contributed by atoms with Crippen molar-refractivity contribution in [1.82, 2.24) is 0 Å². The van der Waals surface area contributed by atoms with Gasteiger partial charge in [-0.2, -0.15) is 0 Å². The van der Waals surface area contributed by atoms with Gasteiger partial charge in [-0.15, -0.1) is 0 Å². The summed E-state index contributed by atoms with van der Waals surface area (Å²) >= 11 is 0. The van der Waals surface area contributed by atoms with Crippen LogP contribution in [0.1, 0.15) is 32.1 Å². The lowest BCUT2D eigenvalue weighted by Gasteiger charge is -2.14. The van der Waals surface area contributed by atoms with Gasteiger partial charge in [-0.25, -0.2) is 0 Å². The molecule has 2 atom stereocenters. The second-order valence-corrected chi connectivity index (χ2v) is 3.57. The molecule has 0 aliphatic heterocycles. The molecule has 1 rings (SSSR count). The molecule has 1 aliphatic rings. The van der Waals surface area contributed by atoms with E-state index in [1.807, 2.05) is 0 Å². The molecule has 0 saturated heterocycles. The van der Waals surface area contributed by atoms with Gasteiger partial charge in [0.2, 0.25) is 0 Å². The third kappa shape index (κ3) is 2.26. The molecule has 1 fully saturated rings. The monoisotopic (exact) mass is 166 g/mol. The zero-order valence-electron chi connectivity index (χ0n) is 7.33. The third-order valence-corrected chi connectivity index (χ3v) is 2.76. The van der Waals surface area contributed by atoms with Crippen molar-refractivity contribution in [3.05, 3.63) is 0 Å². The van der Waals surface area contributed by atoms with E-state index in [1.54, 1.807) is 0 Å². The zero-order valence-corrected chi connectivity index (χ0v) is 7.33. The van der Waals surface area contributed by atoms with Gasteiger partial charge in [0.25, 0.3) is 0 Å². The molecule has 12 heavy (non-hydrogen) atoms. The van der Waals surface area contributed by atoms with Crippen LogP contribution < -0.4 is 0 Å². The highest BCUT2D eigenvalue weighted by atomic mass is 16.4. The number of rotatable bonds is 4. The minimum absolute atomic E-state index is 0.0865. The fourth-order valence-electron chi connectivity index (χ4n) is 2.09. The third-order valence-electron chi connectivity index (χ3n) is 2.76. The fourth-order valence-corrected chi connectivity index (χ4v) is 2.09. The van der Waals surface area contributed by atoms with E-state index >= 15 is 0 Å². The highest BCUT2D eigenvalue weighted by Crippen LogP contribution is 2.35. The van der Waals surface area contributed by atoms with Crippen LogP contribution in [0.15, 0.2) is 0 Å². The first kappa shape index (κ1) is 9.62. The Morgan fingerprint density at radius 2 is 2.25 bits per heavy atom. The molecule has 0 aromatic heterocycles. The Morgan fingerprint density at radius 1 is 1.50 bits per heavy atom. The Labute approximate surface area is 74.8 Å². The standard InChI is InChI=1S/C9H15BO2/c10-6-2-4-7-3-1-5-8(7)9(11)12/h7-8H,1-6H2,(H,11,12)/t7-,8-/m1/s1. The van der Waals surface area contributed by atoms with Gasteiger partial charge in [0.15, 0.2) is 0 Å². The highest BCUT2D eigenvalue weighted by Gasteiger charge is 2.31. The molecule has 0 aromatic rings. The molecule has 0 heterocycles. The van der Waals surface area contributed by atoms with Gasteiger partial charge in [0.1, 0.15) is 0 Å². The van der Waals surface area contributed by atoms with Gasteiger partial charge in [-0.3, -0.25) is 4.79 Å². The topological polar surface area (TPSA) is 37.3 Å². The number of aliphatic carboxylic acids is 1. The van der Waals surface area contributed by atoms with Crippen LogP contribution in [0.2, 0.25) is 6.32 Å². The minimum atomic E-state index is -0.616. The summed E-state index contributed by atoms with van der Waals surface area (Å²) in [6.07, 6.45) is 5.67. The first-order chi connectivity index (χ1) is 5.75. The van der Waals surface area contributed by atoms with Crippen LogP contribution in [0.3, 0.4) is 0 Å². The van der Waals surface area contributed by atoms with Crippen LogP contribution in [-0.4, -0.2) is 18.9 Å². The summed E-state index contributed by atoms with van der Waals surface area (Å²) in [4.78, 5) is 10.7. The van der Waals surface area contributed by atoms with Crippen molar-refractivity contribution in [3.63, 3.8) is 0 Å². The Morgan fingerprint density at radius 3 is 2.83 bits per heavy atom. The normalized spacial score (nSPS) is 29.0. The SMILES string of the molecule is [B]CCC[C@H]1CCC[C@H]1C(=O)O. The lowest BCUT2D eigenvalue weighted by molar-refractivity contribution is -0.143. The summed E-state index contributed by atoms with van der Waals surface area (Å²) in [5, 5.41) is 8.85. The Hall–Kier alpha value is -0.465. The second kappa shape index (κ2) is 4.53. The average Bonchev–Trinajstić information content (AvgIpc) is 2.48. The summed E-state index contributed by atoms with van der Waals surface area (Å²) in [5.74, 6) is -0.308. The largest absolute Gasteiger partial charge is 0.481 e. The zero-order chi connectivity index (χ0) is 8.97. The van der Waals surface area contributed by atoms with Gasteiger partial charge < -0.3 is 5.11 Å². The molecule has 1 saturated carbocycles. The first-order valence-corrected chi connectivity index (χ1v) is 4.68. The maximum absolute atomic E-state index is 10.7. The maximum atomic E-state index is 10.7. The number of carbonyl (C=O) groups is 1. The first-order valence-electron chi connectivity index (χ1n) is 4.68. The van der Waals surface area contributed by atoms with E-state index in [0.717, 1.165) is 32.1 Å². The van der Waals surface area contributed by atoms with Gasteiger partial charge in [-0.05, 0) is 18.8 Å². The van der Waals surface area contributed by atoms with Crippen molar-refractivity contribution < 1.29 is 9.90 Å². The summed E-state index contributed by atoms with van der Waals surface area (Å²) in [6.45, 7) is 0. The van der Waals surface area contributed by atoms with Crippen molar-refractivity contribution >= 4 is 13.8 Å². The van der Waals surface area contributed by atoms with Crippen molar-refractivity contribution in [1.29, 1.82) is 0 Å². The van der Waals surface area contributed by atoms with Gasteiger partial charge in [0, 0.05) is 0 Å². The predicted molar refractivity (Wildman–Crippen MR) is 48.3 cm³/mol. The molecule has 1 aliphatic carbocycles. The lowest BCUT2D eigenvalue weighted by Crippen LogP contribution is -2.18. The van der Waals surface area contributed by atoms with Crippen LogP contribution >= 0.6 is 0 Å². The van der Waals surface area contributed by atoms with Crippen molar-refractivity contribution in [2.24, 2.45) is 11.8 Å². The van der Waals surface area contributed by atoms with Crippen molar-refractivity contribution in [2.45, 2.75) is 38.4 Å². The molecule has 66 valence electrons. The second-order valence-electron chi connectivity index (χ2n) is 3.57. The maximum Gasteiger partial charge on any atom is 0.306 e. The van der Waals surface area contributed by atoms with Gasteiger partial charge >= 0.3 is 5.97 Å². The molecule has 0 aromatic carbocycles. The number of hydrogen-bond acceptors (Lipinski definition) is 1. The van der Waals surface area contributed by atoms with E-state index in [-0.39, 0.29) is 5.92 Å². The van der Waals surface area contributed by atoms with Crippen LogP contribution in [-0.2, 0) is 4.79 Å². The molecule has 0 spiro atoms. The fraction of sp³-hybridized carbons (Fsp3) is 0.889. The molecular formula is C9H15BO2. The number of carboxylic acids is 1. The summed E-state index contributed by atoms with van der Waals surface area (Å²) in [6, 6.07) is 0. The van der Waals surface area contributed by atoms with Crippen LogP contribution in [0, 0.1) is 11.8 Å². The summed E-state index contributed by atoms with van der Waals surface area (Å²) < 4.78 is 0. The lowest BCUT2D eigenvalue weighted by atomic mass is 9.88. The van der Waals surface area contributed by atoms with E-state index < -0.39 is 5.97 Å². The van der Waals surface area contributed by atoms with Gasteiger partial charge in [-0.1, -0.05) is 25.6 Å².